The molecule has 0 aromatic heterocycles. The molecule has 0 aromatic rings. The number of rotatable bonds is 3. The third-order valence-electron chi connectivity index (χ3n) is 4.11. The Morgan fingerprint density at radius 2 is 2.07 bits per heavy atom. The molecule has 2 nitrogen and oxygen atoms in total. The standard InChI is InChI=1S/C12H24N2/c1-3-12(10-6-7-10)14-8-4-5-11(13)9(14)2/h9-12H,3-8,13H2,1-2H3. The van der Waals surface area contributed by atoms with Gasteiger partial charge in [-0.2, -0.15) is 0 Å². The van der Waals surface area contributed by atoms with Gasteiger partial charge in [0, 0.05) is 18.1 Å². The fourth-order valence-corrected chi connectivity index (χ4v) is 2.99. The molecule has 0 spiro atoms. The lowest BCUT2D eigenvalue weighted by atomic mass is 9.94. The molecule has 3 atom stereocenters. The topological polar surface area (TPSA) is 29.3 Å². The van der Waals surface area contributed by atoms with Gasteiger partial charge in [0.2, 0.25) is 0 Å². The summed E-state index contributed by atoms with van der Waals surface area (Å²) in [7, 11) is 0. The maximum atomic E-state index is 6.14. The van der Waals surface area contributed by atoms with Crippen molar-refractivity contribution >= 4 is 0 Å². The first-order valence-corrected chi connectivity index (χ1v) is 6.25. The molecule has 1 aliphatic heterocycles. The molecule has 2 heteroatoms. The minimum atomic E-state index is 0.413. The van der Waals surface area contributed by atoms with Crippen LogP contribution in [0.2, 0.25) is 0 Å². The maximum Gasteiger partial charge on any atom is 0.0221 e. The molecule has 0 aromatic carbocycles. The Kier molecular flexibility index (Phi) is 3.13. The Balaban J connectivity index is 1.99. The van der Waals surface area contributed by atoms with E-state index in [0.29, 0.717) is 12.1 Å². The van der Waals surface area contributed by atoms with Crippen LogP contribution >= 0.6 is 0 Å². The van der Waals surface area contributed by atoms with Crippen molar-refractivity contribution < 1.29 is 0 Å². The first-order valence-electron chi connectivity index (χ1n) is 6.25. The van der Waals surface area contributed by atoms with Crippen LogP contribution in [0.15, 0.2) is 0 Å². The number of nitrogens with two attached hydrogens (primary N) is 1. The Morgan fingerprint density at radius 3 is 2.64 bits per heavy atom. The first-order chi connectivity index (χ1) is 6.74. The predicted molar refractivity (Wildman–Crippen MR) is 60.2 cm³/mol. The summed E-state index contributed by atoms with van der Waals surface area (Å²) in [4.78, 5) is 2.69. The van der Waals surface area contributed by atoms with Crippen LogP contribution < -0.4 is 5.73 Å². The quantitative estimate of drug-likeness (QED) is 0.748. The van der Waals surface area contributed by atoms with E-state index in [1.807, 2.05) is 0 Å². The van der Waals surface area contributed by atoms with Gasteiger partial charge in [0.25, 0.3) is 0 Å². The summed E-state index contributed by atoms with van der Waals surface area (Å²) in [5, 5.41) is 0. The number of hydrogen-bond donors (Lipinski definition) is 1. The summed E-state index contributed by atoms with van der Waals surface area (Å²) in [6.45, 7) is 5.93. The van der Waals surface area contributed by atoms with E-state index >= 15 is 0 Å². The predicted octanol–water partition coefficient (Wildman–Crippen LogP) is 1.99. The Morgan fingerprint density at radius 1 is 1.36 bits per heavy atom. The molecule has 82 valence electrons. The molecule has 2 N–H and O–H groups in total. The molecule has 1 heterocycles. The molecule has 1 saturated carbocycles. The van der Waals surface area contributed by atoms with E-state index in [0.717, 1.165) is 12.0 Å². The minimum absolute atomic E-state index is 0.413. The van der Waals surface area contributed by atoms with Crippen LogP contribution in [0, 0.1) is 5.92 Å². The smallest absolute Gasteiger partial charge is 0.0221 e. The van der Waals surface area contributed by atoms with Gasteiger partial charge >= 0.3 is 0 Å². The van der Waals surface area contributed by atoms with Crippen molar-refractivity contribution in [2.45, 2.75) is 64.1 Å². The molecule has 0 bridgehead atoms. The normalized spacial score (nSPS) is 37.1. The second-order valence-electron chi connectivity index (χ2n) is 5.10. The van der Waals surface area contributed by atoms with Crippen LogP contribution in [0.25, 0.3) is 0 Å². The Hall–Kier alpha value is -0.0800. The zero-order valence-electron chi connectivity index (χ0n) is 9.58. The highest BCUT2D eigenvalue weighted by atomic mass is 15.2. The second-order valence-corrected chi connectivity index (χ2v) is 5.10. The number of nitrogens with zero attached hydrogens (tertiary/aromatic N) is 1. The lowest BCUT2D eigenvalue weighted by Gasteiger charge is -2.42. The lowest BCUT2D eigenvalue weighted by Crippen LogP contribution is -2.54. The van der Waals surface area contributed by atoms with Crippen LogP contribution in [-0.2, 0) is 0 Å². The molecule has 0 radical (unpaired) electrons. The van der Waals surface area contributed by atoms with Gasteiger partial charge in [0.05, 0.1) is 0 Å². The average Bonchev–Trinajstić information content (AvgIpc) is 2.97. The highest BCUT2D eigenvalue weighted by Crippen LogP contribution is 2.38. The molecule has 0 amide bonds. The van der Waals surface area contributed by atoms with Gasteiger partial charge in [-0.05, 0) is 51.5 Å². The zero-order valence-corrected chi connectivity index (χ0v) is 9.58. The zero-order chi connectivity index (χ0) is 10.1. The Bertz CT molecular complexity index is 189. The van der Waals surface area contributed by atoms with Gasteiger partial charge in [-0.3, -0.25) is 4.90 Å². The highest BCUT2D eigenvalue weighted by Gasteiger charge is 2.38. The fraction of sp³-hybridized carbons (Fsp3) is 1.00. The van der Waals surface area contributed by atoms with E-state index in [1.54, 1.807) is 0 Å². The van der Waals surface area contributed by atoms with Gasteiger partial charge in [-0.15, -0.1) is 0 Å². The SMILES string of the molecule is CCC(C1CC1)N1CCCC(N)C1C. The number of likely N-dealkylation sites (tertiary alicyclic amines) is 1. The van der Waals surface area contributed by atoms with Crippen LogP contribution in [0.5, 0.6) is 0 Å². The van der Waals surface area contributed by atoms with E-state index in [2.05, 4.69) is 18.7 Å². The summed E-state index contributed by atoms with van der Waals surface area (Å²) in [6, 6.07) is 1.85. The van der Waals surface area contributed by atoms with Crippen molar-refractivity contribution in [3.8, 4) is 0 Å². The number of hydrogen-bond acceptors (Lipinski definition) is 2. The monoisotopic (exact) mass is 196 g/mol. The van der Waals surface area contributed by atoms with E-state index in [4.69, 9.17) is 5.73 Å². The minimum Gasteiger partial charge on any atom is -0.326 e. The molecule has 2 aliphatic rings. The molecule has 14 heavy (non-hydrogen) atoms. The molecule has 1 aliphatic carbocycles. The summed E-state index contributed by atoms with van der Waals surface area (Å²) in [6.07, 6.45) is 6.74. The van der Waals surface area contributed by atoms with Gasteiger partial charge in [0.15, 0.2) is 0 Å². The first kappa shape index (κ1) is 10.4. The molecule has 1 saturated heterocycles. The molecule has 3 unspecified atom stereocenters. The van der Waals surface area contributed by atoms with Crippen LogP contribution in [0.4, 0.5) is 0 Å². The van der Waals surface area contributed by atoms with Crippen LogP contribution in [0.1, 0.15) is 46.0 Å². The second kappa shape index (κ2) is 4.19. The molecular formula is C12H24N2. The number of piperidine rings is 1. The summed E-state index contributed by atoms with van der Waals surface area (Å²) in [5.41, 5.74) is 6.14. The van der Waals surface area contributed by atoms with E-state index in [1.165, 1.54) is 38.6 Å². The lowest BCUT2D eigenvalue weighted by molar-refractivity contribution is 0.0759. The summed E-state index contributed by atoms with van der Waals surface area (Å²) < 4.78 is 0. The summed E-state index contributed by atoms with van der Waals surface area (Å²) in [5.74, 6) is 0.993. The summed E-state index contributed by atoms with van der Waals surface area (Å²) >= 11 is 0. The van der Waals surface area contributed by atoms with Crippen molar-refractivity contribution in [1.29, 1.82) is 0 Å². The van der Waals surface area contributed by atoms with Crippen molar-refractivity contribution in [3.05, 3.63) is 0 Å². The average molecular weight is 196 g/mol. The van der Waals surface area contributed by atoms with Crippen molar-refractivity contribution in [2.24, 2.45) is 11.7 Å². The van der Waals surface area contributed by atoms with Gasteiger partial charge < -0.3 is 5.73 Å². The third-order valence-corrected chi connectivity index (χ3v) is 4.11. The fourth-order valence-electron chi connectivity index (χ4n) is 2.99. The van der Waals surface area contributed by atoms with E-state index in [-0.39, 0.29) is 0 Å². The van der Waals surface area contributed by atoms with Gasteiger partial charge in [0.1, 0.15) is 0 Å². The van der Waals surface area contributed by atoms with Crippen LogP contribution in [-0.4, -0.2) is 29.6 Å². The highest BCUT2D eigenvalue weighted by molar-refractivity contribution is 4.93. The molecule has 2 rings (SSSR count). The van der Waals surface area contributed by atoms with Gasteiger partial charge in [-0.25, -0.2) is 0 Å². The van der Waals surface area contributed by atoms with Gasteiger partial charge in [-0.1, -0.05) is 6.92 Å². The van der Waals surface area contributed by atoms with E-state index < -0.39 is 0 Å². The van der Waals surface area contributed by atoms with Crippen molar-refractivity contribution in [3.63, 3.8) is 0 Å². The third kappa shape index (κ3) is 1.96. The maximum absolute atomic E-state index is 6.14. The van der Waals surface area contributed by atoms with Crippen LogP contribution in [0.3, 0.4) is 0 Å². The Labute approximate surface area is 87.8 Å². The van der Waals surface area contributed by atoms with Crippen molar-refractivity contribution in [1.82, 2.24) is 4.90 Å². The molecule has 2 fully saturated rings. The van der Waals surface area contributed by atoms with Crippen molar-refractivity contribution in [2.75, 3.05) is 6.54 Å². The molecular weight excluding hydrogens is 172 g/mol. The van der Waals surface area contributed by atoms with E-state index in [9.17, 15) is 0 Å². The largest absolute Gasteiger partial charge is 0.326 e.